The Morgan fingerprint density at radius 3 is 3.04 bits per heavy atom. The number of ether oxygens (including phenoxy) is 1. The van der Waals surface area contributed by atoms with Gasteiger partial charge in [-0.25, -0.2) is 0 Å². The predicted octanol–water partition coefficient (Wildman–Crippen LogP) is 1.76. The first-order chi connectivity index (χ1) is 12.1. The zero-order chi connectivity index (χ0) is 17.1. The molecule has 0 amide bonds. The number of para-hydroxylation sites is 1. The van der Waals surface area contributed by atoms with Gasteiger partial charge in [-0.15, -0.1) is 0 Å². The van der Waals surface area contributed by atoms with E-state index in [0.29, 0.717) is 5.57 Å². The van der Waals surface area contributed by atoms with Crippen LogP contribution in [0, 0.1) is 11.8 Å². The molecule has 1 saturated heterocycles. The number of rotatable bonds is 1. The molecule has 5 rings (SSSR count). The number of aromatic nitrogens is 1. The zero-order valence-electron chi connectivity index (χ0n) is 14.2. The Hall–Kier alpha value is -2.27. The second-order valence-corrected chi connectivity index (χ2v) is 7.53. The minimum absolute atomic E-state index is 0.00707. The fourth-order valence-electron chi connectivity index (χ4n) is 5.07. The largest absolute Gasteiger partial charge is 0.545 e. The van der Waals surface area contributed by atoms with E-state index in [0.717, 1.165) is 25.9 Å². The molecule has 0 radical (unpaired) electrons. The van der Waals surface area contributed by atoms with Gasteiger partial charge in [0.25, 0.3) is 0 Å². The van der Waals surface area contributed by atoms with E-state index in [1.807, 2.05) is 6.92 Å². The number of piperidine rings is 1. The smallest absolute Gasteiger partial charge is 0.0996 e. The van der Waals surface area contributed by atoms with Crippen molar-refractivity contribution in [1.82, 2.24) is 9.88 Å². The Morgan fingerprint density at radius 1 is 1.36 bits per heavy atom. The van der Waals surface area contributed by atoms with Gasteiger partial charge in [0.15, 0.2) is 0 Å². The first-order valence-electron chi connectivity index (χ1n) is 9.04. The van der Waals surface area contributed by atoms with Crippen molar-refractivity contribution in [2.45, 2.75) is 31.9 Å². The lowest BCUT2D eigenvalue weighted by atomic mass is 9.72. The number of carbonyl (C=O) groups excluding carboxylic acids is 1. The summed E-state index contributed by atoms with van der Waals surface area (Å²) in [5.41, 5.74) is 4.16. The van der Waals surface area contributed by atoms with Crippen LogP contribution in [0.3, 0.4) is 0 Å². The van der Waals surface area contributed by atoms with E-state index in [1.54, 1.807) is 0 Å². The van der Waals surface area contributed by atoms with Gasteiger partial charge in [-0.05, 0) is 37.3 Å². The molecule has 25 heavy (non-hydrogen) atoms. The van der Waals surface area contributed by atoms with Crippen LogP contribution in [-0.4, -0.2) is 35.0 Å². The van der Waals surface area contributed by atoms with Crippen molar-refractivity contribution in [2.24, 2.45) is 11.8 Å². The van der Waals surface area contributed by atoms with Gasteiger partial charge < -0.3 is 19.6 Å². The number of H-pyrrole nitrogens is 1. The minimum atomic E-state index is -1.09. The number of nitrogens with zero attached hydrogens (tertiary/aromatic N) is 1. The second-order valence-electron chi connectivity index (χ2n) is 7.53. The van der Waals surface area contributed by atoms with E-state index >= 15 is 0 Å². The first kappa shape index (κ1) is 15.0. The lowest BCUT2D eigenvalue weighted by Gasteiger charge is -2.49. The summed E-state index contributed by atoms with van der Waals surface area (Å²) in [5.74, 6) is -0.893. The van der Waals surface area contributed by atoms with Crippen LogP contribution in [0.4, 0.5) is 0 Å². The normalized spacial score (nSPS) is 31.5. The maximum atomic E-state index is 11.6. The molecule has 4 heterocycles. The van der Waals surface area contributed by atoms with E-state index < -0.39 is 5.97 Å². The third-order valence-corrected chi connectivity index (χ3v) is 6.36. The van der Waals surface area contributed by atoms with Crippen LogP contribution in [-0.2, 0) is 16.0 Å². The highest BCUT2D eigenvalue weighted by molar-refractivity contribution is 5.86. The highest BCUT2D eigenvalue weighted by Crippen LogP contribution is 2.47. The van der Waals surface area contributed by atoms with Crippen LogP contribution in [0.2, 0.25) is 0 Å². The van der Waals surface area contributed by atoms with Gasteiger partial charge in [0, 0.05) is 41.2 Å². The number of nitrogens with one attached hydrogen (secondary N) is 1. The fraction of sp³-hybridized carbons (Fsp3) is 0.450. The quantitative estimate of drug-likeness (QED) is 0.861. The minimum Gasteiger partial charge on any atom is -0.545 e. The SMILES string of the molecule is C[C@@H]1OC=C(C(=O)[O-])C2CC3c4[nH]c5ccccc5c4CCN3CC21. The fourth-order valence-corrected chi connectivity index (χ4v) is 5.07. The van der Waals surface area contributed by atoms with Crippen molar-refractivity contribution in [3.05, 3.63) is 47.4 Å². The Labute approximate surface area is 146 Å². The van der Waals surface area contributed by atoms with Crippen molar-refractivity contribution < 1.29 is 14.6 Å². The Morgan fingerprint density at radius 2 is 2.20 bits per heavy atom. The number of carboxylic acid groups (broad SMARTS) is 1. The van der Waals surface area contributed by atoms with Crippen molar-refractivity contribution in [3.8, 4) is 0 Å². The summed E-state index contributed by atoms with van der Waals surface area (Å²) < 4.78 is 5.60. The number of carboxylic acids is 1. The van der Waals surface area contributed by atoms with Gasteiger partial charge in [-0.3, -0.25) is 4.90 Å². The molecule has 3 unspecified atom stereocenters. The molecule has 130 valence electrons. The molecule has 1 N–H and O–H groups in total. The molecule has 0 saturated carbocycles. The molecule has 0 bridgehead atoms. The second kappa shape index (κ2) is 5.36. The average Bonchev–Trinajstić information content (AvgIpc) is 3.00. The van der Waals surface area contributed by atoms with Gasteiger partial charge in [-0.1, -0.05) is 18.2 Å². The van der Waals surface area contributed by atoms with Crippen LogP contribution in [0.1, 0.15) is 30.6 Å². The van der Waals surface area contributed by atoms with E-state index in [4.69, 9.17) is 4.74 Å². The van der Waals surface area contributed by atoms with Gasteiger partial charge in [-0.2, -0.15) is 0 Å². The summed E-state index contributed by atoms with van der Waals surface area (Å²) in [5, 5.41) is 12.9. The van der Waals surface area contributed by atoms with Gasteiger partial charge in [0.2, 0.25) is 0 Å². The molecular weight excluding hydrogens is 316 g/mol. The number of carbonyl (C=O) groups is 1. The lowest BCUT2D eigenvalue weighted by molar-refractivity contribution is -0.301. The van der Waals surface area contributed by atoms with E-state index in [1.165, 1.54) is 28.4 Å². The molecule has 1 aromatic carbocycles. The van der Waals surface area contributed by atoms with Crippen molar-refractivity contribution in [1.29, 1.82) is 0 Å². The number of hydrogen-bond donors (Lipinski definition) is 1. The van der Waals surface area contributed by atoms with Crippen LogP contribution < -0.4 is 5.11 Å². The van der Waals surface area contributed by atoms with Gasteiger partial charge >= 0.3 is 0 Å². The van der Waals surface area contributed by atoms with Crippen LogP contribution in [0.25, 0.3) is 10.9 Å². The van der Waals surface area contributed by atoms with Gasteiger partial charge in [0.05, 0.1) is 24.4 Å². The summed E-state index contributed by atoms with van der Waals surface area (Å²) in [6, 6.07) is 8.67. The third-order valence-electron chi connectivity index (χ3n) is 6.36. The van der Waals surface area contributed by atoms with Gasteiger partial charge in [0.1, 0.15) is 0 Å². The number of hydrogen-bond acceptors (Lipinski definition) is 4. The first-order valence-corrected chi connectivity index (χ1v) is 9.04. The molecule has 5 nitrogen and oxygen atoms in total. The molecule has 1 fully saturated rings. The summed E-state index contributed by atoms with van der Waals surface area (Å²) in [6.07, 6.45) is 3.30. The molecule has 2 aromatic rings. The molecule has 0 aliphatic carbocycles. The summed E-state index contributed by atoms with van der Waals surface area (Å²) in [4.78, 5) is 17.7. The molecule has 0 spiro atoms. The Kier molecular flexibility index (Phi) is 3.22. The van der Waals surface area contributed by atoms with Crippen LogP contribution in [0.5, 0.6) is 0 Å². The molecule has 1 aromatic heterocycles. The van der Waals surface area contributed by atoms with Crippen LogP contribution >= 0.6 is 0 Å². The molecule has 3 aliphatic rings. The maximum absolute atomic E-state index is 11.6. The van der Waals surface area contributed by atoms with Crippen molar-refractivity contribution in [3.63, 3.8) is 0 Å². The number of fused-ring (bicyclic) bond motifs is 6. The molecule has 5 heteroatoms. The average molecular weight is 337 g/mol. The molecule has 4 atom stereocenters. The van der Waals surface area contributed by atoms with E-state index in [9.17, 15) is 9.90 Å². The third kappa shape index (κ3) is 2.15. The predicted molar refractivity (Wildman–Crippen MR) is 91.6 cm³/mol. The highest BCUT2D eigenvalue weighted by atomic mass is 16.5. The summed E-state index contributed by atoms with van der Waals surface area (Å²) in [6.45, 7) is 3.93. The summed E-state index contributed by atoms with van der Waals surface area (Å²) >= 11 is 0. The Bertz CT molecular complexity index is 884. The van der Waals surface area contributed by atoms with E-state index in [2.05, 4.69) is 34.1 Å². The molecule has 3 aliphatic heterocycles. The Balaban J connectivity index is 1.57. The van der Waals surface area contributed by atoms with Crippen molar-refractivity contribution >= 4 is 16.9 Å². The van der Waals surface area contributed by atoms with Crippen LogP contribution in [0.15, 0.2) is 36.1 Å². The number of aliphatic carboxylic acids is 1. The number of aromatic amines is 1. The van der Waals surface area contributed by atoms with E-state index in [-0.39, 0.29) is 24.0 Å². The zero-order valence-corrected chi connectivity index (χ0v) is 14.2. The number of benzene rings is 1. The topological polar surface area (TPSA) is 68.4 Å². The van der Waals surface area contributed by atoms with Crippen molar-refractivity contribution in [2.75, 3.05) is 13.1 Å². The summed E-state index contributed by atoms with van der Waals surface area (Å²) in [7, 11) is 0. The maximum Gasteiger partial charge on any atom is 0.0996 e. The monoisotopic (exact) mass is 337 g/mol. The lowest BCUT2D eigenvalue weighted by Crippen LogP contribution is -2.52. The highest BCUT2D eigenvalue weighted by Gasteiger charge is 2.45. The molecular formula is C20H21N2O3-. The standard InChI is InChI=1S/C20H22N2O3/c1-11-15-9-22-7-6-13-12-4-2-3-5-17(12)21-19(13)18(22)8-14(15)16(10-25-11)20(23)24/h2-5,10-11,14-15,18,21H,6-9H2,1H3,(H,23,24)/p-1/t11-,14?,15?,18?/m0/s1.